The third-order valence-corrected chi connectivity index (χ3v) is 5.85. The number of nitriles is 1. The summed E-state index contributed by atoms with van der Waals surface area (Å²) in [5, 5.41) is 27.1. The van der Waals surface area contributed by atoms with Crippen LogP contribution in [0.5, 0.6) is 5.75 Å². The summed E-state index contributed by atoms with van der Waals surface area (Å²) in [6.45, 7) is 6.73. The van der Waals surface area contributed by atoms with E-state index in [9.17, 15) is 15.2 Å². The van der Waals surface area contributed by atoms with Gasteiger partial charge in [-0.1, -0.05) is 12.1 Å². The topological polar surface area (TPSA) is 115 Å². The van der Waals surface area contributed by atoms with E-state index in [2.05, 4.69) is 21.3 Å². The second-order valence-electron chi connectivity index (χ2n) is 8.16. The van der Waals surface area contributed by atoms with Gasteiger partial charge in [0.2, 0.25) is 0 Å². The number of nitrogens with zero attached hydrogens (tertiary/aromatic N) is 4. The number of aliphatic hydroxyl groups is 1. The van der Waals surface area contributed by atoms with Crippen molar-refractivity contribution in [3.63, 3.8) is 0 Å². The number of pyridine rings is 1. The summed E-state index contributed by atoms with van der Waals surface area (Å²) in [6, 6.07) is 14.8. The molecule has 178 valence electrons. The van der Waals surface area contributed by atoms with E-state index in [1.165, 1.54) is 0 Å². The van der Waals surface area contributed by atoms with E-state index >= 15 is 0 Å². The molecule has 0 spiro atoms. The van der Waals surface area contributed by atoms with Gasteiger partial charge in [0.05, 0.1) is 41.8 Å². The molecule has 0 bridgehead atoms. The largest absolute Gasteiger partial charge is 0.493 e. The SMILES string of the molecule is CCOc1cc(C(=O)N(CC)Cc2cnc(C(C)O)c3cn[nH]c23)ccc1-c1cccc(C#N)c1. The van der Waals surface area contributed by atoms with E-state index in [1.807, 2.05) is 32.0 Å². The molecule has 0 radical (unpaired) electrons. The number of fused-ring (bicyclic) bond motifs is 1. The van der Waals surface area contributed by atoms with Crippen LogP contribution in [-0.2, 0) is 6.54 Å². The van der Waals surface area contributed by atoms with Gasteiger partial charge in [-0.15, -0.1) is 0 Å². The summed E-state index contributed by atoms with van der Waals surface area (Å²) >= 11 is 0. The minimum Gasteiger partial charge on any atom is -0.493 e. The number of aliphatic hydroxyl groups excluding tert-OH is 1. The van der Waals surface area contributed by atoms with Crippen LogP contribution in [0.4, 0.5) is 0 Å². The first kappa shape index (κ1) is 23.9. The van der Waals surface area contributed by atoms with E-state index in [0.717, 1.165) is 27.6 Å². The highest BCUT2D eigenvalue weighted by Crippen LogP contribution is 2.32. The lowest BCUT2D eigenvalue weighted by molar-refractivity contribution is 0.0752. The van der Waals surface area contributed by atoms with Gasteiger partial charge < -0.3 is 14.7 Å². The minimum atomic E-state index is -0.725. The maximum atomic E-state index is 13.5. The predicted molar refractivity (Wildman–Crippen MR) is 133 cm³/mol. The van der Waals surface area contributed by atoms with Crippen molar-refractivity contribution >= 4 is 16.8 Å². The van der Waals surface area contributed by atoms with Crippen LogP contribution in [0.2, 0.25) is 0 Å². The molecule has 1 atom stereocenters. The summed E-state index contributed by atoms with van der Waals surface area (Å²) in [5.41, 5.74) is 4.85. The van der Waals surface area contributed by atoms with Crippen LogP contribution in [0.15, 0.2) is 54.9 Å². The maximum Gasteiger partial charge on any atom is 0.254 e. The molecule has 0 saturated heterocycles. The highest BCUT2D eigenvalue weighted by Gasteiger charge is 2.20. The molecule has 2 aromatic heterocycles. The van der Waals surface area contributed by atoms with Gasteiger partial charge in [-0.3, -0.25) is 14.9 Å². The first-order valence-corrected chi connectivity index (χ1v) is 11.5. The van der Waals surface area contributed by atoms with Gasteiger partial charge in [-0.25, -0.2) is 0 Å². The fraction of sp³-hybridized carbons (Fsp3) is 0.259. The molecule has 2 heterocycles. The van der Waals surface area contributed by atoms with Gasteiger partial charge in [0.25, 0.3) is 5.91 Å². The zero-order valence-corrected chi connectivity index (χ0v) is 19.9. The van der Waals surface area contributed by atoms with E-state index < -0.39 is 6.10 Å². The number of nitrogens with one attached hydrogen (secondary N) is 1. The van der Waals surface area contributed by atoms with Gasteiger partial charge in [0.1, 0.15) is 5.75 Å². The van der Waals surface area contributed by atoms with Gasteiger partial charge in [0, 0.05) is 41.4 Å². The Balaban J connectivity index is 1.65. The van der Waals surface area contributed by atoms with Crippen molar-refractivity contribution in [2.45, 2.75) is 33.4 Å². The quantitative estimate of drug-likeness (QED) is 0.389. The Morgan fingerprint density at radius 2 is 2.06 bits per heavy atom. The van der Waals surface area contributed by atoms with Crippen LogP contribution in [0.3, 0.4) is 0 Å². The summed E-state index contributed by atoms with van der Waals surface area (Å²) in [4.78, 5) is 19.6. The Kier molecular flexibility index (Phi) is 7.09. The Bertz CT molecular complexity index is 1400. The number of aromatic nitrogens is 3. The molecule has 0 aliphatic rings. The van der Waals surface area contributed by atoms with Crippen molar-refractivity contribution in [3.8, 4) is 22.9 Å². The normalized spacial score (nSPS) is 11.7. The van der Waals surface area contributed by atoms with Crippen molar-refractivity contribution in [1.29, 1.82) is 5.26 Å². The number of H-pyrrole nitrogens is 1. The fourth-order valence-corrected chi connectivity index (χ4v) is 4.10. The maximum absolute atomic E-state index is 13.5. The second kappa shape index (κ2) is 10.4. The monoisotopic (exact) mass is 469 g/mol. The summed E-state index contributed by atoms with van der Waals surface area (Å²) in [5.74, 6) is 0.446. The van der Waals surface area contributed by atoms with Crippen molar-refractivity contribution in [1.82, 2.24) is 20.1 Å². The second-order valence-corrected chi connectivity index (χ2v) is 8.16. The molecule has 8 heteroatoms. The van der Waals surface area contributed by atoms with E-state index in [4.69, 9.17) is 4.74 Å². The van der Waals surface area contributed by atoms with Gasteiger partial charge >= 0.3 is 0 Å². The third kappa shape index (κ3) is 4.86. The first-order chi connectivity index (χ1) is 17.0. The Morgan fingerprint density at radius 1 is 1.23 bits per heavy atom. The Morgan fingerprint density at radius 3 is 2.77 bits per heavy atom. The predicted octanol–water partition coefficient (Wildman–Crippen LogP) is 4.61. The average Bonchev–Trinajstić information content (AvgIpc) is 3.37. The minimum absolute atomic E-state index is 0.141. The summed E-state index contributed by atoms with van der Waals surface area (Å²) < 4.78 is 5.87. The molecule has 1 unspecified atom stereocenters. The fourth-order valence-electron chi connectivity index (χ4n) is 4.10. The van der Waals surface area contributed by atoms with E-state index in [-0.39, 0.29) is 5.91 Å². The van der Waals surface area contributed by atoms with Crippen molar-refractivity contribution in [3.05, 3.63) is 77.2 Å². The van der Waals surface area contributed by atoms with E-state index in [1.54, 1.807) is 48.5 Å². The molecule has 1 amide bonds. The van der Waals surface area contributed by atoms with Crippen LogP contribution >= 0.6 is 0 Å². The van der Waals surface area contributed by atoms with Crippen LogP contribution in [0, 0.1) is 11.3 Å². The molecule has 0 fully saturated rings. The lowest BCUT2D eigenvalue weighted by atomic mass is 10.00. The number of carbonyl (C=O) groups is 1. The van der Waals surface area contributed by atoms with Crippen molar-refractivity contribution < 1.29 is 14.6 Å². The molecule has 0 saturated carbocycles. The number of benzene rings is 2. The third-order valence-electron chi connectivity index (χ3n) is 5.85. The highest BCUT2D eigenvalue weighted by molar-refractivity contribution is 5.96. The Hall–Kier alpha value is -4.22. The molecule has 8 nitrogen and oxygen atoms in total. The summed E-state index contributed by atoms with van der Waals surface area (Å²) in [7, 11) is 0. The molecule has 4 rings (SSSR count). The standard InChI is InChI=1S/C27H27N5O3/c1-4-32(16-21-14-29-25(17(3)33)23-15-30-31-26(21)23)27(34)20-9-10-22(24(12-20)35-5-2)19-8-6-7-18(11-19)13-28/h6-12,14-15,17,33H,4-5,16H2,1-3H3,(H,30,31). The Labute approximate surface area is 203 Å². The number of ether oxygens (including phenoxy) is 1. The number of carbonyl (C=O) groups excluding carboxylic acids is 1. The zero-order chi connectivity index (χ0) is 24.9. The molecular weight excluding hydrogens is 442 g/mol. The molecule has 2 aromatic carbocycles. The molecule has 0 aliphatic carbocycles. The van der Waals surface area contributed by atoms with E-state index in [0.29, 0.717) is 42.3 Å². The van der Waals surface area contributed by atoms with Crippen LogP contribution in [-0.4, -0.2) is 44.2 Å². The van der Waals surface area contributed by atoms with Crippen LogP contribution in [0.1, 0.15) is 54.1 Å². The zero-order valence-electron chi connectivity index (χ0n) is 19.9. The summed E-state index contributed by atoms with van der Waals surface area (Å²) in [6.07, 6.45) is 2.59. The lowest BCUT2D eigenvalue weighted by Gasteiger charge is -2.22. The van der Waals surface area contributed by atoms with Crippen LogP contribution in [0.25, 0.3) is 22.0 Å². The van der Waals surface area contributed by atoms with Crippen molar-refractivity contribution in [2.75, 3.05) is 13.2 Å². The highest BCUT2D eigenvalue weighted by atomic mass is 16.5. The molecule has 35 heavy (non-hydrogen) atoms. The van der Waals surface area contributed by atoms with Crippen molar-refractivity contribution in [2.24, 2.45) is 0 Å². The number of amides is 1. The van der Waals surface area contributed by atoms with Crippen LogP contribution < -0.4 is 4.74 Å². The van der Waals surface area contributed by atoms with Gasteiger partial charge in [-0.2, -0.15) is 10.4 Å². The number of hydrogen-bond acceptors (Lipinski definition) is 6. The average molecular weight is 470 g/mol. The number of aromatic amines is 1. The molecule has 4 aromatic rings. The number of rotatable bonds is 8. The first-order valence-electron chi connectivity index (χ1n) is 11.5. The number of hydrogen-bond donors (Lipinski definition) is 2. The lowest BCUT2D eigenvalue weighted by Crippen LogP contribution is -2.30. The molecular formula is C27H27N5O3. The molecule has 2 N–H and O–H groups in total. The smallest absolute Gasteiger partial charge is 0.254 e. The van der Waals surface area contributed by atoms with Gasteiger partial charge in [0.15, 0.2) is 0 Å². The van der Waals surface area contributed by atoms with Gasteiger partial charge in [-0.05, 0) is 56.7 Å². The molecule has 0 aliphatic heterocycles.